The van der Waals surface area contributed by atoms with E-state index in [1.165, 1.54) is 5.56 Å². The molecule has 18 heavy (non-hydrogen) atoms. The predicted octanol–water partition coefficient (Wildman–Crippen LogP) is 4.20. The van der Waals surface area contributed by atoms with Gasteiger partial charge < -0.3 is 0 Å². The van der Waals surface area contributed by atoms with Crippen molar-refractivity contribution in [3.05, 3.63) is 83.5 Å². The van der Waals surface area contributed by atoms with Crippen molar-refractivity contribution in [2.24, 2.45) is 0 Å². The molecule has 1 heteroatoms. The maximum absolute atomic E-state index is 2.31. The fourth-order valence-electron chi connectivity index (χ4n) is 2.72. The fraction of sp³-hybridized carbons (Fsp3) is 0.176. The van der Waals surface area contributed by atoms with Crippen LogP contribution in [0, 0.1) is 0 Å². The van der Waals surface area contributed by atoms with Gasteiger partial charge in [-0.3, -0.25) is 0 Å². The zero-order valence-electron chi connectivity index (χ0n) is 10.3. The summed E-state index contributed by atoms with van der Waals surface area (Å²) in [6, 6.07) is 10.9. The van der Waals surface area contributed by atoms with Gasteiger partial charge in [-0.15, -0.1) is 0 Å². The van der Waals surface area contributed by atoms with Crippen LogP contribution in [0.3, 0.4) is 0 Å². The first-order valence-electron chi connectivity index (χ1n) is 6.34. The minimum atomic E-state index is 0.140. The second-order valence-corrected chi connectivity index (χ2v) is 6.61. The Hall–Kier alpha value is -0.937. The number of rotatable bonds is 3. The Kier molecular flexibility index (Phi) is 3.35. The van der Waals surface area contributed by atoms with E-state index in [4.69, 9.17) is 0 Å². The molecule has 3 rings (SSSR count). The van der Waals surface area contributed by atoms with Gasteiger partial charge in [0.1, 0.15) is 0 Å². The first kappa shape index (κ1) is 12.1. The minimum absolute atomic E-state index is 0.140. The van der Waals surface area contributed by atoms with E-state index in [1.54, 1.807) is 35.9 Å². The summed E-state index contributed by atoms with van der Waals surface area (Å²) in [6.45, 7) is 0. The van der Waals surface area contributed by atoms with E-state index in [0.717, 1.165) is 12.8 Å². The third-order valence-corrected chi connectivity index (χ3v) is 6.00. The van der Waals surface area contributed by atoms with Crippen LogP contribution in [0.5, 0.6) is 0 Å². The van der Waals surface area contributed by atoms with E-state index in [2.05, 4.69) is 66.8 Å². The molecular formula is C17H15Zr. The van der Waals surface area contributed by atoms with Gasteiger partial charge in [0, 0.05) is 0 Å². The van der Waals surface area contributed by atoms with Crippen LogP contribution < -0.4 is 0 Å². The van der Waals surface area contributed by atoms with Crippen LogP contribution in [0.1, 0.15) is 18.4 Å². The van der Waals surface area contributed by atoms with Crippen LogP contribution in [0.4, 0.5) is 0 Å². The molecule has 0 amide bonds. The van der Waals surface area contributed by atoms with Gasteiger partial charge in [-0.2, -0.15) is 0 Å². The van der Waals surface area contributed by atoms with Gasteiger partial charge in [0.15, 0.2) is 0 Å². The van der Waals surface area contributed by atoms with Crippen molar-refractivity contribution < 1.29 is 24.7 Å². The average Bonchev–Trinajstić information content (AvgIpc) is 3.12. The molecule has 0 saturated carbocycles. The van der Waals surface area contributed by atoms with Crippen LogP contribution in [0.2, 0.25) is 0 Å². The molecule has 1 aromatic carbocycles. The molecule has 0 N–H and O–H groups in total. The molecule has 0 nitrogen and oxygen atoms in total. The molecule has 2 aliphatic rings. The quantitative estimate of drug-likeness (QED) is 0.785. The zero-order valence-corrected chi connectivity index (χ0v) is 12.7. The first-order valence-corrected chi connectivity index (χ1v) is 7.57. The van der Waals surface area contributed by atoms with Crippen LogP contribution in [-0.4, -0.2) is 0 Å². The molecule has 2 aliphatic carbocycles. The van der Waals surface area contributed by atoms with Gasteiger partial charge in [-0.1, -0.05) is 0 Å². The molecule has 87 valence electrons. The second-order valence-electron chi connectivity index (χ2n) is 4.76. The Morgan fingerprint density at radius 2 is 1.39 bits per heavy atom. The van der Waals surface area contributed by atoms with Crippen molar-refractivity contribution in [3.8, 4) is 0 Å². The molecule has 0 aliphatic heterocycles. The van der Waals surface area contributed by atoms with E-state index in [9.17, 15) is 0 Å². The summed E-state index contributed by atoms with van der Waals surface area (Å²) in [6.07, 6.45) is 15.7. The van der Waals surface area contributed by atoms with Crippen LogP contribution in [-0.2, 0) is 27.8 Å². The first-order chi connectivity index (χ1) is 8.82. The third-order valence-electron chi connectivity index (χ3n) is 3.71. The van der Waals surface area contributed by atoms with Crippen molar-refractivity contribution in [2.45, 2.75) is 16.0 Å². The van der Waals surface area contributed by atoms with Gasteiger partial charge >= 0.3 is 124 Å². The van der Waals surface area contributed by atoms with Crippen molar-refractivity contribution in [1.29, 1.82) is 0 Å². The second kappa shape index (κ2) is 4.98. The van der Waals surface area contributed by atoms with Gasteiger partial charge in [-0.25, -0.2) is 0 Å². The molecule has 1 aromatic rings. The fourth-order valence-corrected chi connectivity index (χ4v) is 4.04. The van der Waals surface area contributed by atoms with Crippen molar-refractivity contribution in [2.75, 3.05) is 0 Å². The molecule has 0 fully saturated rings. The summed E-state index contributed by atoms with van der Waals surface area (Å²) in [4.78, 5) is 0. The van der Waals surface area contributed by atoms with Crippen LogP contribution in [0.25, 0.3) is 0 Å². The van der Waals surface area contributed by atoms with E-state index >= 15 is 0 Å². The molecule has 0 radical (unpaired) electrons. The molecule has 0 atom stereocenters. The Morgan fingerprint density at radius 3 is 1.83 bits per heavy atom. The standard InChI is InChI=1S/C17H15.Zr/c1-2-8-14(9-3-1)17(15-10-4-5-11-15)16-12-6-7-13-16;/h1-10,12H,11,13H2;. The van der Waals surface area contributed by atoms with E-state index < -0.39 is 0 Å². The van der Waals surface area contributed by atoms with Gasteiger partial charge in [-0.05, 0) is 0 Å². The Morgan fingerprint density at radius 1 is 0.833 bits per heavy atom. The zero-order chi connectivity index (χ0) is 12.4. The molecule has 0 heterocycles. The summed E-state index contributed by atoms with van der Waals surface area (Å²) in [5.74, 6) is 0. The van der Waals surface area contributed by atoms with E-state index in [-0.39, 0.29) is 3.12 Å². The summed E-state index contributed by atoms with van der Waals surface area (Å²) in [5, 5.41) is 0. The number of benzene rings is 1. The normalized spacial score (nSPS) is 17.9. The van der Waals surface area contributed by atoms with Gasteiger partial charge in [0.2, 0.25) is 0 Å². The molecule has 0 saturated heterocycles. The summed E-state index contributed by atoms with van der Waals surface area (Å²) in [7, 11) is 0. The molecule has 0 bridgehead atoms. The topological polar surface area (TPSA) is 0 Å². The molecule has 0 unspecified atom stereocenters. The van der Waals surface area contributed by atoms with Crippen LogP contribution >= 0.6 is 0 Å². The maximum atomic E-state index is 2.31. The third kappa shape index (κ3) is 1.95. The van der Waals surface area contributed by atoms with Crippen LogP contribution in [0.15, 0.2) is 77.9 Å². The Labute approximate surface area is 124 Å². The van der Waals surface area contributed by atoms with Crippen molar-refractivity contribution >= 4 is 0 Å². The number of hydrogen-bond donors (Lipinski definition) is 0. The van der Waals surface area contributed by atoms with Crippen molar-refractivity contribution in [3.63, 3.8) is 0 Å². The van der Waals surface area contributed by atoms with Gasteiger partial charge in [0.25, 0.3) is 0 Å². The Bertz CT molecular complexity index is 529. The summed E-state index contributed by atoms with van der Waals surface area (Å²) >= 11 is 1.56. The molecular weight excluding hydrogens is 295 g/mol. The predicted molar refractivity (Wildman–Crippen MR) is 71.8 cm³/mol. The number of allylic oxidation sites excluding steroid dienone is 8. The summed E-state index contributed by atoms with van der Waals surface area (Å²) < 4.78 is 0.140. The Balaban J connectivity index is 2.09. The van der Waals surface area contributed by atoms with Gasteiger partial charge in [0.05, 0.1) is 0 Å². The summed E-state index contributed by atoms with van der Waals surface area (Å²) in [5.41, 5.74) is 4.52. The molecule has 0 spiro atoms. The monoisotopic (exact) mass is 309 g/mol. The van der Waals surface area contributed by atoms with E-state index in [0.29, 0.717) is 0 Å². The number of hydrogen-bond acceptors (Lipinski definition) is 0. The SMILES string of the molecule is [Zr][C](C1=CC=CC1)(C1=CC=CC1)c1ccccc1. The average molecular weight is 311 g/mol. The molecule has 0 aromatic heterocycles. The van der Waals surface area contributed by atoms with Crippen molar-refractivity contribution in [1.82, 2.24) is 0 Å². The van der Waals surface area contributed by atoms with E-state index in [1.807, 2.05) is 0 Å².